The number of aliphatic hydroxyl groups is 1. The molecule has 2 aliphatic rings. The van der Waals surface area contributed by atoms with E-state index in [-0.39, 0.29) is 28.7 Å². The van der Waals surface area contributed by atoms with E-state index in [1.807, 2.05) is 6.92 Å². The van der Waals surface area contributed by atoms with E-state index in [9.17, 15) is 13.5 Å². The fourth-order valence-electron chi connectivity index (χ4n) is 3.43. The number of aliphatic imine (C=N–C) groups is 1. The molecule has 8 nitrogen and oxygen atoms in total. The molecule has 1 aromatic heterocycles. The summed E-state index contributed by atoms with van der Waals surface area (Å²) < 4.78 is 36.5. The summed E-state index contributed by atoms with van der Waals surface area (Å²) in [5.41, 5.74) is 0. The van der Waals surface area contributed by atoms with E-state index in [1.165, 1.54) is 0 Å². The van der Waals surface area contributed by atoms with Gasteiger partial charge in [0.05, 0.1) is 31.1 Å². The molecule has 158 valence electrons. The highest BCUT2D eigenvalue weighted by molar-refractivity contribution is 7.93. The van der Waals surface area contributed by atoms with Crippen molar-refractivity contribution >= 4 is 27.1 Å². The molecule has 0 spiro atoms. The fraction of sp³-hybridized carbons (Fsp3) is 0.722. The Balaban J connectivity index is 1.60. The van der Waals surface area contributed by atoms with Crippen LogP contribution in [0, 0.1) is 0 Å². The number of thiophene rings is 1. The average molecular weight is 432 g/mol. The van der Waals surface area contributed by atoms with Crippen LogP contribution >= 0.6 is 11.3 Å². The Morgan fingerprint density at radius 3 is 2.93 bits per heavy atom. The van der Waals surface area contributed by atoms with Crippen LogP contribution in [0.3, 0.4) is 0 Å². The molecule has 0 aromatic carbocycles. The Morgan fingerprint density at radius 2 is 2.25 bits per heavy atom. The van der Waals surface area contributed by atoms with Crippen molar-refractivity contribution in [2.45, 2.75) is 42.3 Å². The highest BCUT2D eigenvalue weighted by Crippen LogP contribution is 2.21. The topological polar surface area (TPSA) is 100 Å². The summed E-state index contributed by atoms with van der Waals surface area (Å²) in [6.45, 7) is 5.41. The van der Waals surface area contributed by atoms with Gasteiger partial charge in [-0.1, -0.05) is 6.07 Å². The summed E-state index contributed by atoms with van der Waals surface area (Å²) in [6.07, 6.45) is 1.13. The number of hydrogen-bond acceptors (Lipinski definition) is 7. The smallest absolute Gasteiger partial charge is 0.194 e. The first-order valence-corrected chi connectivity index (χ1v) is 12.2. The zero-order valence-electron chi connectivity index (χ0n) is 16.1. The van der Waals surface area contributed by atoms with Crippen LogP contribution in [0.1, 0.15) is 19.8 Å². The third-order valence-corrected chi connectivity index (χ3v) is 8.06. The van der Waals surface area contributed by atoms with Gasteiger partial charge >= 0.3 is 0 Å². The number of nitrogens with zero attached hydrogens (tertiary/aromatic N) is 2. The second-order valence-corrected chi connectivity index (χ2v) is 10.2. The maximum Gasteiger partial charge on any atom is 0.194 e. The number of nitrogens with one attached hydrogen (secondary N) is 1. The Labute approximate surface area is 170 Å². The SMILES string of the molecule is CCNC(=NCC(O)CS(=O)(=O)c1cccs1)N1CCOC(C2CCCO2)C1. The lowest BCUT2D eigenvalue weighted by Crippen LogP contribution is -2.53. The average Bonchev–Trinajstić information content (AvgIpc) is 3.39. The number of ether oxygens (including phenoxy) is 2. The van der Waals surface area contributed by atoms with Gasteiger partial charge in [-0.3, -0.25) is 4.99 Å². The van der Waals surface area contributed by atoms with Crippen LogP contribution in [-0.4, -0.2) is 87.8 Å². The molecule has 0 aliphatic carbocycles. The molecule has 0 bridgehead atoms. The van der Waals surface area contributed by atoms with E-state index in [4.69, 9.17) is 9.47 Å². The zero-order valence-corrected chi connectivity index (χ0v) is 17.8. The summed E-state index contributed by atoms with van der Waals surface area (Å²) in [5.74, 6) is 0.333. The summed E-state index contributed by atoms with van der Waals surface area (Å²) in [7, 11) is -3.49. The van der Waals surface area contributed by atoms with Gasteiger partial charge in [-0.15, -0.1) is 11.3 Å². The highest BCUT2D eigenvalue weighted by atomic mass is 32.2. The quantitative estimate of drug-likeness (QED) is 0.485. The molecule has 3 rings (SSSR count). The number of hydrogen-bond donors (Lipinski definition) is 2. The zero-order chi connectivity index (χ0) is 20.0. The molecule has 2 N–H and O–H groups in total. The van der Waals surface area contributed by atoms with Gasteiger partial charge in [0.1, 0.15) is 10.3 Å². The van der Waals surface area contributed by atoms with Gasteiger partial charge in [-0.05, 0) is 31.2 Å². The third-order valence-electron chi connectivity index (χ3n) is 4.77. The van der Waals surface area contributed by atoms with Crippen LogP contribution in [0.15, 0.2) is 26.7 Å². The van der Waals surface area contributed by atoms with Gasteiger partial charge in [0, 0.05) is 26.2 Å². The number of aliphatic hydroxyl groups excluding tert-OH is 1. The fourth-order valence-corrected chi connectivity index (χ4v) is 5.90. The summed E-state index contributed by atoms with van der Waals surface area (Å²) in [5, 5.41) is 15.2. The molecule has 10 heteroatoms. The van der Waals surface area contributed by atoms with Crippen LogP contribution in [-0.2, 0) is 19.3 Å². The molecule has 0 saturated carbocycles. The number of rotatable bonds is 7. The molecule has 28 heavy (non-hydrogen) atoms. The van der Waals surface area contributed by atoms with Crippen molar-refractivity contribution in [1.29, 1.82) is 0 Å². The summed E-state index contributed by atoms with van der Waals surface area (Å²) >= 11 is 1.16. The molecule has 2 saturated heterocycles. The Kier molecular flexibility index (Phi) is 7.69. The summed E-state index contributed by atoms with van der Waals surface area (Å²) in [4.78, 5) is 6.58. The van der Waals surface area contributed by atoms with Gasteiger partial charge in [0.25, 0.3) is 0 Å². The minimum absolute atomic E-state index is 0.00392. The predicted octanol–water partition coefficient (Wildman–Crippen LogP) is 0.728. The van der Waals surface area contributed by atoms with Gasteiger partial charge < -0.3 is 24.8 Å². The summed E-state index contributed by atoms with van der Waals surface area (Å²) in [6, 6.07) is 3.24. The Morgan fingerprint density at radius 1 is 1.43 bits per heavy atom. The standard InChI is InChI=1S/C18H29N3O5S2/c1-2-19-18(21-7-9-26-16(12-21)15-5-3-8-25-15)20-11-14(22)13-28(23,24)17-6-4-10-27-17/h4,6,10,14-16,22H,2-3,5,7-9,11-13H2,1H3,(H,19,20). The largest absolute Gasteiger partial charge is 0.390 e. The molecule has 3 heterocycles. The minimum atomic E-state index is -3.49. The molecule has 2 fully saturated rings. The maximum atomic E-state index is 12.3. The Bertz CT molecular complexity index is 732. The number of morpholine rings is 1. The van der Waals surface area contributed by atoms with E-state index in [0.717, 1.165) is 30.8 Å². The van der Waals surface area contributed by atoms with E-state index in [0.29, 0.717) is 32.2 Å². The van der Waals surface area contributed by atoms with Crippen molar-refractivity contribution in [3.63, 3.8) is 0 Å². The minimum Gasteiger partial charge on any atom is -0.390 e. The van der Waals surface area contributed by atoms with E-state index in [2.05, 4.69) is 15.2 Å². The molecule has 3 atom stereocenters. The second-order valence-electron chi connectivity index (χ2n) is 6.97. The monoisotopic (exact) mass is 431 g/mol. The molecule has 2 aliphatic heterocycles. The van der Waals surface area contributed by atoms with Gasteiger partial charge in [0.15, 0.2) is 15.8 Å². The van der Waals surface area contributed by atoms with Gasteiger partial charge in [-0.25, -0.2) is 8.42 Å². The lowest BCUT2D eigenvalue weighted by atomic mass is 10.1. The van der Waals surface area contributed by atoms with Gasteiger partial charge in [0.2, 0.25) is 0 Å². The second kappa shape index (κ2) is 10.0. The predicted molar refractivity (Wildman–Crippen MR) is 109 cm³/mol. The van der Waals surface area contributed by atoms with E-state index in [1.54, 1.807) is 17.5 Å². The molecule has 0 amide bonds. The van der Waals surface area contributed by atoms with Crippen LogP contribution in [0.4, 0.5) is 0 Å². The van der Waals surface area contributed by atoms with Crippen LogP contribution < -0.4 is 5.32 Å². The Hall–Kier alpha value is -1.20. The molecule has 3 unspecified atom stereocenters. The lowest BCUT2D eigenvalue weighted by Gasteiger charge is -2.37. The maximum absolute atomic E-state index is 12.3. The van der Waals surface area contributed by atoms with Crippen LogP contribution in [0.25, 0.3) is 0 Å². The van der Waals surface area contributed by atoms with Crippen molar-refractivity contribution in [2.24, 2.45) is 4.99 Å². The van der Waals surface area contributed by atoms with Crippen molar-refractivity contribution in [1.82, 2.24) is 10.2 Å². The first-order chi connectivity index (χ1) is 13.5. The normalized spacial score (nSPS) is 25.1. The van der Waals surface area contributed by atoms with Crippen LogP contribution in [0.5, 0.6) is 0 Å². The van der Waals surface area contributed by atoms with Crippen molar-refractivity contribution < 1.29 is 23.0 Å². The van der Waals surface area contributed by atoms with Crippen molar-refractivity contribution in [3.8, 4) is 0 Å². The van der Waals surface area contributed by atoms with Crippen molar-refractivity contribution in [2.75, 3.05) is 45.1 Å². The lowest BCUT2D eigenvalue weighted by molar-refractivity contribution is -0.0817. The number of sulfone groups is 1. The number of guanidine groups is 1. The first kappa shape index (κ1) is 21.5. The molecular formula is C18H29N3O5S2. The first-order valence-electron chi connectivity index (χ1n) is 9.70. The molecule has 1 aromatic rings. The highest BCUT2D eigenvalue weighted by Gasteiger charge is 2.32. The molecule has 0 radical (unpaired) electrons. The van der Waals surface area contributed by atoms with Crippen LogP contribution in [0.2, 0.25) is 0 Å². The third kappa shape index (κ3) is 5.66. The van der Waals surface area contributed by atoms with Gasteiger partial charge in [-0.2, -0.15) is 0 Å². The van der Waals surface area contributed by atoms with E-state index < -0.39 is 15.9 Å². The van der Waals surface area contributed by atoms with Crippen molar-refractivity contribution in [3.05, 3.63) is 17.5 Å². The molecular weight excluding hydrogens is 402 g/mol. The van der Waals surface area contributed by atoms with E-state index >= 15 is 0 Å².